The van der Waals surface area contributed by atoms with Crippen LogP contribution in [0, 0.1) is 0 Å². The molecule has 0 saturated heterocycles. The first-order chi connectivity index (χ1) is 6.53. The Labute approximate surface area is 90.2 Å². The molecule has 0 unspecified atom stereocenters. The van der Waals surface area contributed by atoms with Crippen LogP contribution in [0.25, 0.3) is 0 Å². The van der Waals surface area contributed by atoms with Gasteiger partial charge >= 0.3 is 0 Å². The van der Waals surface area contributed by atoms with Gasteiger partial charge in [0.2, 0.25) is 0 Å². The quantitative estimate of drug-likeness (QED) is 0.831. The standard InChI is InChI=1S/C11H16ClNO/c1-11(2,13-3)8-14-10-6-4-5-9(12)7-10/h4-7,13H,8H2,1-3H3. The molecule has 14 heavy (non-hydrogen) atoms. The van der Waals surface area contributed by atoms with E-state index < -0.39 is 0 Å². The molecule has 1 aromatic rings. The van der Waals surface area contributed by atoms with Crippen LogP contribution in [0.4, 0.5) is 0 Å². The van der Waals surface area contributed by atoms with Gasteiger partial charge in [-0.3, -0.25) is 0 Å². The molecule has 0 atom stereocenters. The molecular weight excluding hydrogens is 198 g/mol. The summed E-state index contributed by atoms with van der Waals surface area (Å²) >= 11 is 5.83. The molecular formula is C11H16ClNO. The van der Waals surface area contributed by atoms with Crippen LogP contribution in [0.15, 0.2) is 24.3 Å². The van der Waals surface area contributed by atoms with Crippen molar-refractivity contribution in [3.63, 3.8) is 0 Å². The third-order valence-electron chi connectivity index (χ3n) is 2.07. The minimum absolute atomic E-state index is 0.0255. The molecule has 0 aliphatic carbocycles. The highest BCUT2D eigenvalue weighted by molar-refractivity contribution is 6.30. The molecule has 0 heterocycles. The molecule has 1 rings (SSSR count). The summed E-state index contributed by atoms with van der Waals surface area (Å²) in [6.07, 6.45) is 0. The molecule has 0 amide bonds. The lowest BCUT2D eigenvalue weighted by atomic mass is 10.1. The first kappa shape index (κ1) is 11.3. The van der Waals surface area contributed by atoms with Gasteiger partial charge in [-0.05, 0) is 39.1 Å². The van der Waals surface area contributed by atoms with Crippen LogP contribution in [-0.2, 0) is 0 Å². The van der Waals surface area contributed by atoms with Crippen LogP contribution < -0.4 is 10.1 Å². The maximum Gasteiger partial charge on any atom is 0.120 e. The van der Waals surface area contributed by atoms with Crippen molar-refractivity contribution in [2.24, 2.45) is 0 Å². The molecule has 0 fully saturated rings. The second-order valence-corrected chi connectivity index (χ2v) is 4.32. The van der Waals surface area contributed by atoms with Crippen molar-refractivity contribution in [3.8, 4) is 5.75 Å². The number of benzene rings is 1. The average molecular weight is 214 g/mol. The largest absolute Gasteiger partial charge is 0.492 e. The highest BCUT2D eigenvalue weighted by Crippen LogP contribution is 2.18. The molecule has 0 radical (unpaired) electrons. The van der Waals surface area contributed by atoms with Gasteiger partial charge in [0.25, 0.3) is 0 Å². The highest BCUT2D eigenvalue weighted by Gasteiger charge is 2.15. The summed E-state index contributed by atoms with van der Waals surface area (Å²) in [5, 5.41) is 3.87. The molecule has 1 N–H and O–H groups in total. The fourth-order valence-electron chi connectivity index (χ4n) is 0.893. The summed E-state index contributed by atoms with van der Waals surface area (Å²) in [7, 11) is 1.92. The van der Waals surface area contributed by atoms with E-state index in [1.54, 1.807) is 0 Å². The zero-order valence-electron chi connectivity index (χ0n) is 8.80. The first-order valence-corrected chi connectivity index (χ1v) is 4.98. The minimum Gasteiger partial charge on any atom is -0.492 e. The molecule has 0 spiro atoms. The lowest BCUT2D eigenvalue weighted by Crippen LogP contribution is -2.42. The van der Waals surface area contributed by atoms with Crippen LogP contribution in [0.2, 0.25) is 5.02 Å². The van der Waals surface area contributed by atoms with Gasteiger partial charge in [0, 0.05) is 10.6 Å². The molecule has 0 aliphatic heterocycles. The van der Waals surface area contributed by atoms with Crippen LogP contribution in [0.3, 0.4) is 0 Å². The molecule has 0 aliphatic rings. The number of hydrogen-bond acceptors (Lipinski definition) is 2. The van der Waals surface area contributed by atoms with Gasteiger partial charge in [0.05, 0.1) is 0 Å². The van der Waals surface area contributed by atoms with Crippen LogP contribution >= 0.6 is 11.6 Å². The molecule has 78 valence electrons. The monoisotopic (exact) mass is 213 g/mol. The van der Waals surface area contributed by atoms with Crippen molar-refractivity contribution in [1.82, 2.24) is 5.32 Å². The smallest absolute Gasteiger partial charge is 0.120 e. The fourth-order valence-corrected chi connectivity index (χ4v) is 1.07. The normalized spacial score (nSPS) is 11.4. The molecule has 1 aromatic carbocycles. The van der Waals surface area contributed by atoms with Crippen molar-refractivity contribution in [1.29, 1.82) is 0 Å². The van der Waals surface area contributed by atoms with Gasteiger partial charge in [-0.2, -0.15) is 0 Å². The van der Waals surface area contributed by atoms with E-state index in [4.69, 9.17) is 16.3 Å². The number of nitrogens with one attached hydrogen (secondary N) is 1. The highest BCUT2D eigenvalue weighted by atomic mass is 35.5. The Hall–Kier alpha value is -0.730. The molecule has 0 saturated carbocycles. The van der Waals surface area contributed by atoms with Gasteiger partial charge in [-0.25, -0.2) is 0 Å². The van der Waals surface area contributed by atoms with Crippen molar-refractivity contribution in [2.75, 3.05) is 13.7 Å². The summed E-state index contributed by atoms with van der Waals surface area (Å²) in [4.78, 5) is 0. The van der Waals surface area contributed by atoms with Crippen molar-refractivity contribution in [3.05, 3.63) is 29.3 Å². The zero-order chi connectivity index (χ0) is 10.6. The van der Waals surface area contributed by atoms with E-state index in [0.717, 1.165) is 5.75 Å². The summed E-state index contributed by atoms with van der Waals surface area (Å²) in [5.74, 6) is 0.806. The Kier molecular flexibility index (Phi) is 3.78. The van der Waals surface area contributed by atoms with E-state index in [1.807, 2.05) is 31.3 Å². The van der Waals surface area contributed by atoms with E-state index in [9.17, 15) is 0 Å². The maximum absolute atomic E-state index is 5.83. The summed E-state index contributed by atoms with van der Waals surface area (Å²) in [5.41, 5.74) is -0.0255. The van der Waals surface area contributed by atoms with Gasteiger partial charge in [-0.1, -0.05) is 17.7 Å². The van der Waals surface area contributed by atoms with Crippen molar-refractivity contribution < 1.29 is 4.74 Å². The lowest BCUT2D eigenvalue weighted by molar-refractivity contribution is 0.217. The van der Waals surface area contributed by atoms with E-state index in [-0.39, 0.29) is 5.54 Å². The third kappa shape index (κ3) is 3.56. The maximum atomic E-state index is 5.83. The van der Waals surface area contributed by atoms with E-state index >= 15 is 0 Å². The second-order valence-electron chi connectivity index (χ2n) is 3.88. The SMILES string of the molecule is CNC(C)(C)COc1cccc(Cl)c1. The Morgan fingerprint density at radius 1 is 1.43 bits per heavy atom. The van der Waals surface area contributed by atoms with Gasteiger partial charge < -0.3 is 10.1 Å². The Morgan fingerprint density at radius 3 is 2.71 bits per heavy atom. The topological polar surface area (TPSA) is 21.3 Å². The first-order valence-electron chi connectivity index (χ1n) is 4.61. The number of likely N-dealkylation sites (N-methyl/N-ethyl adjacent to an activating group) is 1. The zero-order valence-corrected chi connectivity index (χ0v) is 9.56. The van der Waals surface area contributed by atoms with Crippen LogP contribution in [0.1, 0.15) is 13.8 Å². The number of halogens is 1. The summed E-state index contributed by atoms with van der Waals surface area (Å²) < 4.78 is 5.60. The predicted molar refractivity (Wildman–Crippen MR) is 60.1 cm³/mol. The predicted octanol–water partition coefficient (Wildman–Crippen LogP) is 2.72. The van der Waals surface area contributed by atoms with E-state index in [0.29, 0.717) is 11.6 Å². The third-order valence-corrected chi connectivity index (χ3v) is 2.31. The molecule has 0 aromatic heterocycles. The minimum atomic E-state index is -0.0255. The Bertz CT molecular complexity index is 299. The van der Waals surface area contributed by atoms with Gasteiger partial charge in [-0.15, -0.1) is 0 Å². The fraction of sp³-hybridized carbons (Fsp3) is 0.455. The molecule has 0 bridgehead atoms. The molecule has 2 nitrogen and oxygen atoms in total. The van der Waals surface area contributed by atoms with Crippen molar-refractivity contribution >= 4 is 11.6 Å². The number of rotatable bonds is 4. The van der Waals surface area contributed by atoms with E-state index in [2.05, 4.69) is 19.2 Å². The Morgan fingerprint density at radius 2 is 2.14 bits per heavy atom. The molecule has 3 heteroatoms. The van der Waals surface area contributed by atoms with Gasteiger partial charge in [0.15, 0.2) is 0 Å². The number of hydrogen-bond donors (Lipinski definition) is 1. The van der Waals surface area contributed by atoms with Crippen LogP contribution in [0.5, 0.6) is 5.75 Å². The van der Waals surface area contributed by atoms with Crippen LogP contribution in [-0.4, -0.2) is 19.2 Å². The van der Waals surface area contributed by atoms with Gasteiger partial charge in [0.1, 0.15) is 12.4 Å². The Balaban J connectivity index is 2.54. The average Bonchev–Trinajstić information content (AvgIpc) is 2.15. The lowest BCUT2D eigenvalue weighted by Gasteiger charge is -2.23. The summed E-state index contributed by atoms with van der Waals surface area (Å²) in [6.45, 7) is 4.78. The van der Waals surface area contributed by atoms with E-state index in [1.165, 1.54) is 0 Å². The summed E-state index contributed by atoms with van der Waals surface area (Å²) in [6, 6.07) is 7.42. The second kappa shape index (κ2) is 4.67. The van der Waals surface area contributed by atoms with Crippen molar-refractivity contribution in [2.45, 2.75) is 19.4 Å². The number of ether oxygens (including phenoxy) is 1.